The Labute approximate surface area is 173 Å². The molecule has 2 heterocycles. The minimum absolute atomic E-state index is 0.0315. The number of anilines is 2. The molecule has 0 saturated carbocycles. The van der Waals surface area contributed by atoms with Gasteiger partial charge in [0.1, 0.15) is 5.82 Å². The predicted octanol–water partition coefficient (Wildman–Crippen LogP) is 4.14. The molecule has 0 saturated heterocycles. The number of carbonyl (C=O) groups excluding carboxylic acids is 2. The number of nitrogens with zero attached hydrogens (tertiary/aromatic N) is 2. The lowest BCUT2D eigenvalue weighted by Crippen LogP contribution is -2.22. The van der Waals surface area contributed by atoms with E-state index in [1.165, 1.54) is 53.5 Å². The number of carbonyl (C=O) groups is 2. The number of thiophene rings is 1. The normalized spacial score (nSPS) is 10.6. The lowest BCUT2D eigenvalue weighted by molar-refractivity contribution is -0.118. The summed E-state index contributed by atoms with van der Waals surface area (Å²) < 4.78 is 13.6. The van der Waals surface area contributed by atoms with Gasteiger partial charge in [0.2, 0.25) is 11.0 Å². The van der Waals surface area contributed by atoms with Gasteiger partial charge in [-0.3, -0.25) is 9.59 Å². The number of nitrogens with one attached hydrogen (secondary N) is 2. The Bertz CT molecular complexity index is 956. The van der Waals surface area contributed by atoms with Crippen LogP contribution in [0.3, 0.4) is 0 Å². The minimum atomic E-state index is -0.301. The standard InChI is InChI=1S/C18H17FN4O2S3/c1-11(24)20-9-8-14-6-7-16(27-14)15(25)10-26-18-23-22-17(28-18)21-13-4-2-12(19)3-5-13/h2-7H,8-10H2,1H3,(H,20,24)(H,21,22). The second kappa shape index (κ2) is 9.76. The lowest BCUT2D eigenvalue weighted by Gasteiger charge is -2.00. The highest BCUT2D eigenvalue weighted by Crippen LogP contribution is 2.29. The first-order valence-electron chi connectivity index (χ1n) is 8.35. The van der Waals surface area contributed by atoms with E-state index in [9.17, 15) is 14.0 Å². The summed E-state index contributed by atoms with van der Waals surface area (Å²) in [7, 11) is 0. The molecule has 0 atom stereocenters. The highest BCUT2D eigenvalue weighted by molar-refractivity contribution is 8.01. The van der Waals surface area contributed by atoms with E-state index >= 15 is 0 Å². The van der Waals surface area contributed by atoms with Crippen molar-refractivity contribution in [2.75, 3.05) is 17.6 Å². The molecule has 0 bridgehead atoms. The number of ketones is 1. The van der Waals surface area contributed by atoms with Crippen molar-refractivity contribution < 1.29 is 14.0 Å². The van der Waals surface area contributed by atoms with Crippen LogP contribution in [0.2, 0.25) is 0 Å². The molecule has 2 N–H and O–H groups in total. The second-order valence-corrected chi connectivity index (χ2v) is 9.08. The molecule has 0 spiro atoms. The number of amides is 1. The molecular weight excluding hydrogens is 419 g/mol. The Kier molecular flexibility index (Phi) is 7.12. The van der Waals surface area contributed by atoms with Gasteiger partial charge < -0.3 is 10.6 Å². The Balaban J connectivity index is 1.48. The summed E-state index contributed by atoms with van der Waals surface area (Å²) in [6.45, 7) is 2.04. The predicted molar refractivity (Wildman–Crippen MR) is 111 cm³/mol. The molecule has 0 unspecified atom stereocenters. The number of benzene rings is 1. The van der Waals surface area contributed by atoms with E-state index in [0.29, 0.717) is 27.3 Å². The highest BCUT2D eigenvalue weighted by Gasteiger charge is 2.12. The van der Waals surface area contributed by atoms with E-state index in [-0.39, 0.29) is 23.3 Å². The molecule has 3 rings (SSSR count). The largest absolute Gasteiger partial charge is 0.356 e. The van der Waals surface area contributed by atoms with Crippen molar-refractivity contribution in [3.8, 4) is 0 Å². The van der Waals surface area contributed by atoms with Crippen molar-refractivity contribution >= 4 is 56.9 Å². The van der Waals surface area contributed by atoms with Crippen molar-refractivity contribution in [2.45, 2.75) is 17.7 Å². The van der Waals surface area contributed by atoms with Gasteiger partial charge in [-0.05, 0) is 42.8 Å². The molecule has 0 fully saturated rings. The Morgan fingerprint density at radius 1 is 1.11 bits per heavy atom. The molecule has 10 heteroatoms. The van der Waals surface area contributed by atoms with Crippen LogP contribution in [0.5, 0.6) is 0 Å². The fourth-order valence-electron chi connectivity index (χ4n) is 2.20. The molecule has 6 nitrogen and oxygen atoms in total. The van der Waals surface area contributed by atoms with Gasteiger partial charge in [0.05, 0.1) is 10.6 Å². The van der Waals surface area contributed by atoms with E-state index in [2.05, 4.69) is 20.8 Å². The van der Waals surface area contributed by atoms with Crippen LogP contribution in [0.1, 0.15) is 21.5 Å². The smallest absolute Gasteiger partial charge is 0.216 e. The SMILES string of the molecule is CC(=O)NCCc1ccc(C(=O)CSc2nnc(Nc3ccc(F)cc3)s2)s1. The van der Waals surface area contributed by atoms with Gasteiger partial charge in [-0.15, -0.1) is 21.5 Å². The maximum Gasteiger partial charge on any atom is 0.216 e. The molecule has 3 aromatic rings. The lowest BCUT2D eigenvalue weighted by atomic mass is 10.3. The van der Waals surface area contributed by atoms with Crippen LogP contribution in [0.15, 0.2) is 40.7 Å². The second-order valence-electron chi connectivity index (χ2n) is 5.72. The van der Waals surface area contributed by atoms with E-state index in [1.54, 1.807) is 12.1 Å². The van der Waals surface area contributed by atoms with Crippen LogP contribution in [0, 0.1) is 5.82 Å². The highest BCUT2D eigenvalue weighted by atomic mass is 32.2. The molecule has 0 aliphatic carbocycles. The van der Waals surface area contributed by atoms with Crippen molar-refractivity contribution in [1.29, 1.82) is 0 Å². The van der Waals surface area contributed by atoms with Gasteiger partial charge in [0.25, 0.3) is 0 Å². The Morgan fingerprint density at radius 3 is 2.64 bits per heavy atom. The molecule has 146 valence electrons. The van der Waals surface area contributed by atoms with Crippen LogP contribution < -0.4 is 10.6 Å². The number of halogens is 1. The molecular formula is C18H17FN4O2S3. The summed E-state index contributed by atoms with van der Waals surface area (Å²) in [5.41, 5.74) is 0.718. The third-order valence-corrected chi connectivity index (χ3v) is 6.67. The van der Waals surface area contributed by atoms with E-state index < -0.39 is 0 Å². The summed E-state index contributed by atoms with van der Waals surface area (Å²) in [6, 6.07) is 9.70. The van der Waals surface area contributed by atoms with Crippen LogP contribution in [0.25, 0.3) is 0 Å². The number of hydrogen-bond acceptors (Lipinski definition) is 8. The number of rotatable bonds is 9. The zero-order chi connectivity index (χ0) is 19.9. The fraction of sp³-hybridized carbons (Fsp3) is 0.222. The summed E-state index contributed by atoms with van der Waals surface area (Å²) in [6.07, 6.45) is 0.708. The van der Waals surface area contributed by atoms with Crippen LogP contribution >= 0.6 is 34.4 Å². The maximum atomic E-state index is 12.9. The first kappa shape index (κ1) is 20.4. The van der Waals surface area contributed by atoms with Crippen molar-refractivity contribution in [2.24, 2.45) is 0 Å². The zero-order valence-corrected chi connectivity index (χ0v) is 17.3. The van der Waals surface area contributed by atoms with E-state index in [4.69, 9.17) is 0 Å². The first-order valence-corrected chi connectivity index (χ1v) is 11.0. The average molecular weight is 437 g/mol. The van der Waals surface area contributed by atoms with Gasteiger partial charge >= 0.3 is 0 Å². The van der Waals surface area contributed by atoms with Gasteiger partial charge in [-0.1, -0.05) is 23.1 Å². The molecule has 2 aromatic heterocycles. The third-order valence-electron chi connectivity index (χ3n) is 3.51. The van der Waals surface area contributed by atoms with Gasteiger partial charge in [0, 0.05) is 24.0 Å². The number of thioether (sulfide) groups is 1. The van der Waals surface area contributed by atoms with Gasteiger partial charge in [-0.2, -0.15) is 0 Å². The van der Waals surface area contributed by atoms with E-state index in [1.807, 2.05) is 12.1 Å². The molecule has 1 amide bonds. The number of Topliss-reactive ketones (excluding diaryl/α,β-unsaturated/α-hetero) is 1. The van der Waals surface area contributed by atoms with Crippen LogP contribution in [-0.2, 0) is 11.2 Å². The first-order chi connectivity index (χ1) is 13.5. The number of hydrogen-bond donors (Lipinski definition) is 2. The fourth-order valence-corrected chi connectivity index (χ4v) is 4.89. The van der Waals surface area contributed by atoms with Gasteiger partial charge in [-0.25, -0.2) is 4.39 Å². The summed E-state index contributed by atoms with van der Waals surface area (Å²) in [5, 5.41) is 14.5. The minimum Gasteiger partial charge on any atom is -0.356 e. The molecule has 0 aliphatic rings. The maximum absolute atomic E-state index is 12.9. The quantitative estimate of drug-likeness (QED) is 0.388. The topological polar surface area (TPSA) is 84.0 Å². The van der Waals surface area contributed by atoms with E-state index in [0.717, 1.165) is 10.6 Å². The molecule has 1 aromatic carbocycles. The molecule has 0 aliphatic heterocycles. The Morgan fingerprint density at radius 2 is 1.89 bits per heavy atom. The van der Waals surface area contributed by atoms with Crippen LogP contribution in [-0.4, -0.2) is 34.2 Å². The summed E-state index contributed by atoms with van der Waals surface area (Å²) in [4.78, 5) is 25.0. The van der Waals surface area contributed by atoms with Crippen molar-refractivity contribution in [3.63, 3.8) is 0 Å². The van der Waals surface area contributed by atoms with Gasteiger partial charge in [0.15, 0.2) is 10.1 Å². The van der Waals surface area contributed by atoms with Crippen molar-refractivity contribution in [1.82, 2.24) is 15.5 Å². The molecule has 0 radical (unpaired) electrons. The van der Waals surface area contributed by atoms with Crippen molar-refractivity contribution in [3.05, 3.63) is 52.0 Å². The van der Waals surface area contributed by atoms with Crippen LogP contribution in [0.4, 0.5) is 15.2 Å². The summed E-state index contributed by atoms with van der Waals surface area (Å²) >= 11 is 4.11. The zero-order valence-electron chi connectivity index (χ0n) is 14.9. The monoisotopic (exact) mass is 436 g/mol. The Hall–Kier alpha value is -2.30. The number of aromatic nitrogens is 2. The summed E-state index contributed by atoms with van der Waals surface area (Å²) in [5.74, 6) is -0.0559. The average Bonchev–Trinajstić information content (AvgIpc) is 3.31. The third kappa shape index (κ3) is 6.11. The molecule has 28 heavy (non-hydrogen) atoms.